The minimum atomic E-state index is 0. The van der Waals surface area contributed by atoms with Gasteiger partial charge in [0.15, 0.2) is 0 Å². The Bertz CT molecular complexity index is 284. The van der Waals surface area contributed by atoms with Crippen LogP contribution >= 0.6 is 51.7 Å². The quantitative estimate of drug-likeness (QED) is 0.390. The van der Waals surface area contributed by atoms with E-state index in [0.717, 1.165) is 27.2 Å². The zero-order valence-corrected chi connectivity index (χ0v) is 11.5. The molecule has 0 fully saturated rings. The van der Waals surface area contributed by atoms with Crippen molar-refractivity contribution in [3.8, 4) is 0 Å². The minimum Gasteiger partial charge on any atom is -0.398 e. The molecule has 5 heteroatoms. The largest absolute Gasteiger partial charge is 0.398 e. The average Bonchev–Trinajstić information content (AvgIpc) is 2.09. The SMILES string of the molecule is Cl.Nc1cc(Br)ccc1SCCCCl. The Hall–Kier alpha value is 0.430. The van der Waals surface area contributed by atoms with Crippen molar-refractivity contribution in [1.29, 1.82) is 0 Å². The molecular weight excluding hydrogens is 305 g/mol. The molecule has 0 unspecified atom stereocenters. The van der Waals surface area contributed by atoms with Gasteiger partial charge < -0.3 is 5.73 Å². The van der Waals surface area contributed by atoms with Gasteiger partial charge in [0, 0.05) is 20.9 Å². The standard InChI is InChI=1S/C9H11BrClNS.ClH/c10-7-2-3-9(8(12)6-7)13-5-1-4-11;/h2-3,6H,1,4-5,12H2;1H. The predicted octanol–water partition coefficient (Wildman–Crippen LogP) is 4.17. The topological polar surface area (TPSA) is 26.0 Å². The number of thioether (sulfide) groups is 1. The normalized spacial score (nSPS) is 9.57. The zero-order chi connectivity index (χ0) is 9.68. The van der Waals surface area contributed by atoms with E-state index in [1.807, 2.05) is 18.2 Å². The summed E-state index contributed by atoms with van der Waals surface area (Å²) in [5.74, 6) is 1.73. The number of hydrogen-bond donors (Lipinski definition) is 1. The average molecular weight is 317 g/mol. The fourth-order valence-electron chi connectivity index (χ4n) is 0.887. The minimum absolute atomic E-state index is 0. The van der Waals surface area contributed by atoms with Crippen molar-refractivity contribution < 1.29 is 0 Å². The van der Waals surface area contributed by atoms with Gasteiger partial charge in [-0.15, -0.1) is 35.8 Å². The second-order valence-electron chi connectivity index (χ2n) is 2.57. The summed E-state index contributed by atoms with van der Waals surface area (Å²) in [6, 6.07) is 5.95. The molecule has 80 valence electrons. The van der Waals surface area contributed by atoms with E-state index >= 15 is 0 Å². The molecule has 1 aromatic rings. The van der Waals surface area contributed by atoms with Crippen LogP contribution in [0.3, 0.4) is 0 Å². The lowest BCUT2D eigenvalue weighted by Gasteiger charge is -2.04. The molecule has 0 aliphatic rings. The fraction of sp³-hybridized carbons (Fsp3) is 0.333. The Morgan fingerprint density at radius 3 is 2.71 bits per heavy atom. The van der Waals surface area contributed by atoms with Crippen molar-refractivity contribution in [1.82, 2.24) is 0 Å². The van der Waals surface area contributed by atoms with Crippen LogP contribution in [0.15, 0.2) is 27.6 Å². The van der Waals surface area contributed by atoms with Crippen molar-refractivity contribution in [3.63, 3.8) is 0 Å². The first-order chi connectivity index (χ1) is 6.24. The van der Waals surface area contributed by atoms with Gasteiger partial charge in [0.05, 0.1) is 0 Å². The zero-order valence-electron chi connectivity index (χ0n) is 7.50. The van der Waals surface area contributed by atoms with E-state index in [-0.39, 0.29) is 12.4 Å². The number of halogens is 3. The van der Waals surface area contributed by atoms with Crippen LogP contribution in [0.1, 0.15) is 6.42 Å². The number of benzene rings is 1. The van der Waals surface area contributed by atoms with E-state index in [9.17, 15) is 0 Å². The van der Waals surface area contributed by atoms with Crippen LogP contribution in [0.25, 0.3) is 0 Å². The van der Waals surface area contributed by atoms with Gasteiger partial charge in [-0.1, -0.05) is 15.9 Å². The first-order valence-electron chi connectivity index (χ1n) is 3.98. The molecule has 14 heavy (non-hydrogen) atoms. The van der Waals surface area contributed by atoms with Gasteiger partial charge in [0.1, 0.15) is 0 Å². The molecule has 1 rings (SSSR count). The van der Waals surface area contributed by atoms with Gasteiger partial charge in [-0.25, -0.2) is 0 Å². The molecule has 0 heterocycles. The van der Waals surface area contributed by atoms with Crippen LogP contribution in [0.2, 0.25) is 0 Å². The second-order valence-corrected chi connectivity index (χ2v) is 5.00. The Morgan fingerprint density at radius 2 is 2.14 bits per heavy atom. The number of nitrogens with two attached hydrogens (primary N) is 1. The molecule has 1 aromatic carbocycles. The smallest absolute Gasteiger partial charge is 0.0463 e. The summed E-state index contributed by atoms with van der Waals surface area (Å²) in [7, 11) is 0. The molecule has 0 aromatic heterocycles. The Kier molecular flexibility index (Phi) is 7.92. The van der Waals surface area contributed by atoms with Crippen molar-refractivity contribution in [2.24, 2.45) is 0 Å². The predicted molar refractivity (Wildman–Crippen MR) is 71.9 cm³/mol. The summed E-state index contributed by atoms with van der Waals surface area (Å²) in [5.41, 5.74) is 6.65. The summed E-state index contributed by atoms with van der Waals surface area (Å²) < 4.78 is 1.02. The molecule has 0 aliphatic heterocycles. The molecular formula is C9H12BrCl2NS. The van der Waals surface area contributed by atoms with Crippen LogP contribution in [-0.4, -0.2) is 11.6 Å². The first kappa shape index (κ1) is 14.4. The highest BCUT2D eigenvalue weighted by Gasteiger charge is 1.99. The molecule has 0 spiro atoms. The molecule has 0 radical (unpaired) electrons. The highest BCUT2D eigenvalue weighted by Crippen LogP contribution is 2.28. The maximum atomic E-state index is 5.82. The molecule has 0 saturated carbocycles. The van der Waals surface area contributed by atoms with Gasteiger partial charge in [-0.2, -0.15) is 0 Å². The van der Waals surface area contributed by atoms with Crippen LogP contribution in [0, 0.1) is 0 Å². The summed E-state index contributed by atoms with van der Waals surface area (Å²) in [6.45, 7) is 0. The number of alkyl halides is 1. The third-order valence-electron chi connectivity index (χ3n) is 1.51. The van der Waals surface area contributed by atoms with Crippen molar-refractivity contribution >= 4 is 57.4 Å². The highest BCUT2D eigenvalue weighted by molar-refractivity contribution is 9.10. The monoisotopic (exact) mass is 315 g/mol. The van der Waals surface area contributed by atoms with Gasteiger partial charge in [0.25, 0.3) is 0 Å². The van der Waals surface area contributed by atoms with Crippen LogP contribution in [0.5, 0.6) is 0 Å². The van der Waals surface area contributed by atoms with E-state index in [1.54, 1.807) is 11.8 Å². The van der Waals surface area contributed by atoms with E-state index < -0.39 is 0 Å². The van der Waals surface area contributed by atoms with Crippen molar-refractivity contribution in [2.75, 3.05) is 17.4 Å². The van der Waals surface area contributed by atoms with Crippen molar-refractivity contribution in [3.05, 3.63) is 22.7 Å². The fourth-order valence-corrected chi connectivity index (χ4v) is 2.46. The summed E-state index contributed by atoms with van der Waals surface area (Å²) in [5, 5.41) is 0. The maximum Gasteiger partial charge on any atom is 0.0463 e. The number of nitrogen functional groups attached to an aromatic ring is 1. The third kappa shape index (κ3) is 4.78. The third-order valence-corrected chi connectivity index (χ3v) is 3.44. The lowest BCUT2D eigenvalue weighted by molar-refractivity contribution is 1.11. The molecule has 0 amide bonds. The molecule has 2 N–H and O–H groups in total. The Balaban J connectivity index is 0.00000169. The molecule has 1 nitrogen and oxygen atoms in total. The highest BCUT2D eigenvalue weighted by atomic mass is 79.9. The van der Waals surface area contributed by atoms with E-state index in [4.69, 9.17) is 17.3 Å². The summed E-state index contributed by atoms with van der Waals surface area (Å²) in [4.78, 5) is 1.13. The van der Waals surface area contributed by atoms with Gasteiger partial charge in [0.2, 0.25) is 0 Å². The Morgan fingerprint density at radius 1 is 1.43 bits per heavy atom. The van der Waals surface area contributed by atoms with E-state index in [0.29, 0.717) is 5.88 Å². The summed E-state index contributed by atoms with van der Waals surface area (Å²) in [6.07, 6.45) is 1.02. The van der Waals surface area contributed by atoms with Gasteiger partial charge in [-0.3, -0.25) is 0 Å². The Labute approximate surface area is 108 Å². The number of hydrogen-bond acceptors (Lipinski definition) is 2. The lowest BCUT2D eigenvalue weighted by atomic mass is 10.3. The van der Waals surface area contributed by atoms with Crippen LogP contribution < -0.4 is 5.73 Å². The van der Waals surface area contributed by atoms with Crippen LogP contribution in [-0.2, 0) is 0 Å². The number of rotatable bonds is 4. The van der Waals surface area contributed by atoms with E-state index in [1.165, 1.54) is 0 Å². The summed E-state index contributed by atoms with van der Waals surface area (Å²) >= 11 is 10.7. The molecule has 0 saturated heterocycles. The van der Waals surface area contributed by atoms with Crippen molar-refractivity contribution in [2.45, 2.75) is 11.3 Å². The van der Waals surface area contributed by atoms with Gasteiger partial charge in [-0.05, 0) is 30.4 Å². The molecule has 0 atom stereocenters. The number of anilines is 1. The van der Waals surface area contributed by atoms with Crippen LogP contribution in [0.4, 0.5) is 5.69 Å². The lowest BCUT2D eigenvalue weighted by Crippen LogP contribution is -1.89. The molecule has 0 aliphatic carbocycles. The second kappa shape index (κ2) is 7.69. The maximum absolute atomic E-state index is 5.82. The van der Waals surface area contributed by atoms with E-state index in [2.05, 4.69) is 15.9 Å². The van der Waals surface area contributed by atoms with Gasteiger partial charge >= 0.3 is 0 Å². The molecule has 0 bridgehead atoms. The first-order valence-corrected chi connectivity index (χ1v) is 6.29.